The first kappa shape index (κ1) is 24.7. The van der Waals surface area contributed by atoms with E-state index in [2.05, 4.69) is 83.9 Å². The van der Waals surface area contributed by atoms with E-state index in [0.717, 1.165) is 22.7 Å². The number of halogens is 1. The molecule has 3 nitrogen and oxygen atoms in total. The van der Waals surface area contributed by atoms with Crippen LogP contribution >= 0.6 is 22.6 Å². The monoisotopic (exact) mass is 557 g/mol. The van der Waals surface area contributed by atoms with Crippen LogP contribution in [0.25, 0.3) is 0 Å². The van der Waals surface area contributed by atoms with Crippen molar-refractivity contribution in [3.63, 3.8) is 0 Å². The van der Waals surface area contributed by atoms with E-state index in [1.165, 1.54) is 0 Å². The Morgan fingerprint density at radius 2 is 1.25 bits per heavy atom. The summed E-state index contributed by atoms with van der Waals surface area (Å²) in [5.74, 6) is -0.190. The fourth-order valence-corrected chi connectivity index (χ4v) is 5.09. The van der Waals surface area contributed by atoms with E-state index >= 15 is 0 Å². The molecule has 5 heteroatoms. The highest BCUT2D eigenvalue weighted by atomic mass is 127. The maximum Gasteiger partial charge on any atom is 0.323 e. The zero-order valence-electron chi connectivity index (χ0n) is 19.1. The van der Waals surface area contributed by atoms with E-state index in [1.54, 1.807) is 0 Å². The van der Waals surface area contributed by atoms with Crippen LogP contribution in [0.1, 0.15) is 16.7 Å². The normalized spacial score (nSPS) is 12.9. The second-order valence-electron chi connectivity index (χ2n) is 9.18. The molecule has 0 heterocycles. The first-order valence-electron chi connectivity index (χ1n) is 11.0. The number of nitrogens with one attached hydrogen (secondary N) is 1. The van der Waals surface area contributed by atoms with Crippen molar-refractivity contribution in [1.29, 1.82) is 0 Å². The van der Waals surface area contributed by atoms with Gasteiger partial charge in [-0.1, -0.05) is 133 Å². The molecular weight excluding hydrogens is 525 g/mol. The second-order valence-corrected chi connectivity index (χ2v) is 15.7. The predicted molar refractivity (Wildman–Crippen MR) is 144 cm³/mol. The standard InChI is InChI=1S/C27H32INO2Si/c1-32(2,3)20-19-31-26(30)25(21-28)29-27(22-13-7-4-8-14-22,23-15-9-5-10-16-23)24-17-11-6-12-18-24/h4-18,25,29H,19-21H2,1-3H3/t25-/m1/s1. The minimum atomic E-state index is -1.27. The van der Waals surface area contributed by atoms with Crippen LogP contribution in [0.3, 0.4) is 0 Å². The quantitative estimate of drug-likeness (QED) is 0.105. The van der Waals surface area contributed by atoms with Gasteiger partial charge < -0.3 is 4.74 Å². The van der Waals surface area contributed by atoms with E-state index in [1.807, 2.05) is 54.6 Å². The molecule has 0 radical (unpaired) electrons. The molecule has 168 valence electrons. The van der Waals surface area contributed by atoms with E-state index in [9.17, 15) is 4.79 Å². The maximum atomic E-state index is 13.2. The molecule has 3 aromatic rings. The summed E-state index contributed by atoms with van der Waals surface area (Å²) in [4.78, 5) is 13.2. The highest BCUT2D eigenvalue weighted by Gasteiger charge is 2.39. The number of hydrogen-bond acceptors (Lipinski definition) is 3. The van der Waals surface area contributed by atoms with Crippen LogP contribution in [0.5, 0.6) is 0 Å². The summed E-state index contributed by atoms with van der Waals surface area (Å²) < 4.78 is 6.36. The molecule has 32 heavy (non-hydrogen) atoms. The third-order valence-electron chi connectivity index (χ3n) is 5.55. The van der Waals surface area contributed by atoms with Gasteiger partial charge in [-0.2, -0.15) is 0 Å². The summed E-state index contributed by atoms with van der Waals surface area (Å²) in [6.07, 6.45) is 0. The Bertz CT molecular complexity index is 878. The van der Waals surface area contributed by atoms with Gasteiger partial charge in [0, 0.05) is 12.5 Å². The van der Waals surface area contributed by atoms with Gasteiger partial charge in [-0.05, 0) is 22.7 Å². The number of benzene rings is 3. The largest absolute Gasteiger partial charge is 0.465 e. The third kappa shape index (κ3) is 6.08. The Labute approximate surface area is 206 Å². The Balaban J connectivity index is 2.05. The fraction of sp³-hybridized carbons (Fsp3) is 0.296. The highest BCUT2D eigenvalue weighted by Crippen LogP contribution is 2.37. The lowest BCUT2D eigenvalue weighted by Crippen LogP contribution is -2.53. The smallest absolute Gasteiger partial charge is 0.323 e. The number of esters is 1. The summed E-state index contributed by atoms with van der Waals surface area (Å²) in [6, 6.07) is 31.6. The zero-order valence-corrected chi connectivity index (χ0v) is 22.2. The third-order valence-corrected chi connectivity index (χ3v) is 8.13. The number of carbonyl (C=O) groups is 1. The van der Waals surface area contributed by atoms with Crippen LogP contribution in [-0.2, 0) is 15.1 Å². The van der Waals surface area contributed by atoms with Crippen molar-refractivity contribution in [3.8, 4) is 0 Å². The van der Waals surface area contributed by atoms with Crippen molar-refractivity contribution < 1.29 is 9.53 Å². The van der Waals surface area contributed by atoms with Gasteiger partial charge in [0.05, 0.1) is 12.1 Å². The number of rotatable bonds is 10. The SMILES string of the molecule is C[Si](C)(C)CCOC(=O)[C@@H](CI)NC(c1ccccc1)(c1ccccc1)c1ccccc1. The first-order chi connectivity index (χ1) is 15.4. The van der Waals surface area contributed by atoms with E-state index in [-0.39, 0.29) is 5.97 Å². The Morgan fingerprint density at radius 1 is 0.844 bits per heavy atom. The summed E-state index contributed by atoms with van der Waals surface area (Å²) in [6.45, 7) is 7.36. The molecule has 0 aliphatic heterocycles. The summed E-state index contributed by atoms with van der Waals surface area (Å²) >= 11 is 2.28. The van der Waals surface area contributed by atoms with Gasteiger partial charge in [0.25, 0.3) is 0 Å². The lowest BCUT2D eigenvalue weighted by Gasteiger charge is -2.39. The van der Waals surface area contributed by atoms with Crippen LogP contribution in [0, 0.1) is 0 Å². The molecule has 0 amide bonds. The summed E-state index contributed by atoms with van der Waals surface area (Å²) in [5, 5.41) is 3.74. The summed E-state index contributed by atoms with van der Waals surface area (Å²) in [7, 11) is -1.27. The topological polar surface area (TPSA) is 38.3 Å². The number of ether oxygens (including phenoxy) is 1. The molecule has 0 spiro atoms. The van der Waals surface area contributed by atoms with Crippen molar-refractivity contribution in [2.45, 2.75) is 37.3 Å². The molecule has 0 saturated carbocycles. The molecule has 0 unspecified atom stereocenters. The zero-order chi connectivity index (χ0) is 23.0. The van der Waals surface area contributed by atoms with Gasteiger partial charge in [0.1, 0.15) is 6.04 Å². The Morgan fingerprint density at radius 3 is 1.59 bits per heavy atom. The molecule has 0 saturated heterocycles. The van der Waals surface area contributed by atoms with Crippen molar-refractivity contribution in [1.82, 2.24) is 5.32 Å². The van der Waals surface area contributed by atoms with Gasteiger partial charge in [0.15, 0.2) is 0 Å². The van der Waals surface area contributed by atoms with Crippen LogP contribution in [0.2, 0.25) is 25.7 Å². The number of carbonyl (C=O) groups excluding carboxylic acids is 1. The average molecular weight is 558 g/mol. The van der Waals surface area contributed by atoms with E-state index < -0.39 is 19.7 Å². The first-order valence-corrected chi connectivity index (χ1v) is 16.3. The molecule has 0 bridgehead atoms. The molecule has 1 atom stereocenters. The van der Waals surface area contributed by atoms with Gasteiger partial charge in [-0.25, -0.2) is 0 Å². The molecule has 0 fully saturated rings. The minimum Gasteiger partial charge on any atom is -0.465 e. The highest BCUT2D eigenvalue weighted by molar-refractivity contribution is 14.1. The van der Waals surface area contributed by atoms with Gasteiger partial charge in [0.2, 0.25) is 0 Å². The Hall–Kier alpha value is -1.96. The molecule has 3 aromatic carbocycles. The average Bonchev–Trinajstić information content (AvgIpc) is 2.81. The molecule has 0 aromatic heterocycles. The number of alkyl halides is 1. The lowest BCUT2D eigenvalue weighted by atomic mass is 9.76. The lowest BCUT2D eigenvalue weighted by molar-refractivity contribution is -0.145. The van der Waals surface area contributed by atoms with E-state index in [0.29, 0.717) is 11.0 Å². The van der Waals surface area contributed by atoms with Gasteiger partial charge >= 0.3 is 5.97 Å². The van der Waals surface area contributed by atoms with Crippen molar-refractivity contribution in [2.24, 2.45) is 0 Å². The van der Waals surface area contributed by atoms with Crippen LogP contribution in [-0.4, -0.2) is 31.1 Å². The van der Waals surface area contributed by atoms with Gasteiger partial charge in [-0.15, -0.1) is 0 Å². The molecule has 0 aliphatic rings. The molecular formula is C27H32INO2Si. The predicted octanol–water partition coefficient (Wildman–Crippen LogP) is 6.25. The fourth-order valence-electron chi connectivity index (χ4n) is 3.79. The van der Waals surface area contributed by atoms with Crippen molar-refractivity contribution in [3.05, 3.63) is 108 Å². The number of hydrogen-bond donors (Lipinski definition) is 1. The molecule has 0 aliphatic carbocycles. The van der Waals surface area contributed by atoms with Gasteiger partial charge in [-0.3, -0.25) is 10.1 Å². The van der Waals surface area contributed by atoms with E-state index in [4.69, 9.17) is 4.74 Å². The summed E-state index contributed by atoms with van der Waals surface area (Å²) in [5.41, 5.74) is 2.57. The maximum absolute atomic E-state index is 13.2. The molecule has 1 N–H and O–H groups in total. The minimum absolute atomic E-state index is 0.190. The Kier molecular flexibility index (Phi) is 8.68. The van der Waals surface area contributed by atoms with Crippen LogP contribution in [0.4, 0.5) is 0 Å². The second kappa shape index (κ2) is 11.3. The molecule has 3 rings (SSSR count). The van der Waals surface area contributed by atoms with Crippen molar-refractivity contribution in [2.75, 3.05) is 11.0 Å². The van der Waals surface area contributed by atoms with Crippen LogP contribution < -0.4 is 5.32 Å². The van der Waals surface area contributed by atoms with Crippen LogP contribution in [0.15, 0.2) is 91.0 Å². The van der Waals surface area contributed by atoms with Crippen molar-refractivity contribution >= 4 is 36.6 Å².